The first-order chi connectivity index (χ1) is 10.1. The summed E-state index contributed by atoms with van der Waals surface area (Å²) in [5.74, 6) is -0.368. The summed E-state index contributed by atoms with van der Waals surface area (Å²) in [4.78, 5) is 23.9. The summed E-state index contributed by atoms with van der Waals surface area (Å²) in [6.07, 6.45) is 4.90. The van der Waals surface area contributed by atoms with E-state index in [0.717, 1.165) is 5.69 Å². The van der Waals surface area contributed by atoms with E-state index in [1.54, 1.807) is 30.1 Å². The standard InChI is InChI=1S/C15H16N4O2/c1-16-14(21)15(7-8-15)18-13(20)11-3-5-12(6-4-11)19-10-2-9-17-19/h2-6,9-10H,7-8H2,1H3,(H,16,21)(H,18,20). The maximum Gasteiger partial charge on any atom is 0.252 e. The topological polar surface area (TPSA) is 76.0 Å². The van der Waals surface area contributed by atoms with Crippen molar-refractivity contribution in [3.8, 4) is 5.69 Å². The molecule has 3 rings (SSSR count). The molecule has 0 spiro atoms. The van der Waals surface area contributed by atoms with Crippen LogP contribution in [0.5, 0.6) is 0 Å². The molecule has 2 aromatic rings. The molecule has 1 aliphatic carbocycles. The third kappa shape index (κ3) is 2.52. The number of carbonyl (C=O) groups is 2. The molecule has 1 aliphatic rings. The quantitative estimate of drug-likeness (QED) is 0.875. The third-order valence-electron chi connectivity index (χ3n) is 3.66. The van der Waals surface area contributed by atoms with Crippen LogP contribution in [0.2, 0.25) is 0 Å². The Morgan fingerprint density at radius 1 is 1.24 bits per heavy atom. The van der Waals surface area contributed by atoms with Crippen LogP contribution in [0.4, 0.5) is 0 Å². The number of amides is 2. The summed E-state index contributed by atoms with van der Waals surface area (Å²) in [5.41, 5.74) is 0.692. The highest BCUT2D eigenvalue weighted by molar-refractivity contribution is 6.00. The fraction of sp³-hybridized carbons (Fsp3) is 0.267. The van der Waals surface area contributed by atoms with Crippen LogP contribution in [-0.2, 0) is 4.79 Å². The fourth-order valence-electron chi connectivity index (χ4n) is 2.25. The van der Waals surface area contributed by atoms with Crippen molar-refractivity contribution in [2.45, 2.75) is 18.4 Å². The molecule has 0 radical (unpaired) electrons. The van der Waals surface area contributed by atoms with E-state index in [0.29, 0.717) is 18.4 Å². The van der Waals surface area contributed by atoms with E-state index in [9.17, 15) is 9.59 Å². The van der Waals surface area contributed by atoms with Crippen molar-refractivity contribution in [2.75, 3.05) is 7.05 Å². The van der Waals surface area contributed by atoms with E-state index in [1.807, 2.05) is 24.4 Å². The first-order valence-corrected chi connectivity index (χ1v) is 6.79. The molecule has 108 valence electrons. The van der Waals surface area contributed by atoms with Gasteiger partial charge in [-0.25, -0.2) is 4.68 Å². The zero-order chi connectivity index (χ0) is 14.9. The van der Waals surface area contributed by atoms with Gasteiger partial charge < -0.3 is 10.6 Å². The molecule has 6 heteroatoms. The van der Waals surface area contributed by atoms with Crippen molar-refractivity contribution in [3.05, 3.63) is 48.3 Å². The monoisotopic (exact) mass is 284 g/mol. The lowest BCUT2D eigenvalue weighted by molar-refractivity contribution is -0.123. The fourth-order valence-corrected chi connectivity index (χ4v) is 2.25. The van der Waals surface area contributed by atoms with Crippen molar-refractivity contribution in [3.63, 3.8) is 0 Å². The minimum absolute atomic E-state index is 0.135. The van der Waals surface area contributed by atoms with Crippen LogP contribution in [0.25, 0.3) is 5.69 Å². The van der Waals surface area contributed by atoms with Gasteiger partial charge in [0.05, 0.1) is 5.69 Å². The SMILES string of the molecule is CNC(=O)C1(NC(=O)c2ccc(-n3cccn3)cc2)CC1. The lowest BCUT2D eigenvalue weighted by Gasteiger charge is -2.15. The van der Waals surface area contributed by atoms with Crippen LogP contribution in [0.15, 0.2) is 42.7 Å². The smallest absolute Gasteiger partial charge is 0.252 e. The normalized spacial score (nSPS) is 15.3. The van der Waals surface area contributed by atoms with Crippen LogP contribution in [0.3, 0.4) is 0 Å². The molecule has 1 aromatic carbocycles. The molecule has 6 nitrogen and oxygen atoms in total. The Morgan fingerprint density at radius 3 is 2.48 bits per heavy atom. The minimum atomic E-state index is -0.716. The number of aromatic nitrogens is 2. The summed E-state index contributed by atoms with van der Waals surface area (Å²) in [7, 11) is 1.58. The molecule has 2 amide bonds. The number of likely N-dealkylation sites (N-methyl/N-ethyl adjacent to an activating group) is 1. The highest BCUT2D eigenvalue weighted by atomic mass is 16.2. The van der Waals surface area contributed by atoms with E-state index in [2.05, 4.69) is 15.7 Å². The number of carbonyl (C=O) groups excluding carboxylic acids is 2. The van der Waals surface area contributed by atoms with Gasteiger partial charge in [0, 0.05) is 25.0 Å². The van der Waals surface area contributed by atoms with Crippen LogP contribution >= 0.6 is 0 Å². The summed E-state index contributed by atoms with van der Waals surface area (Å²) in [5, 5.41) is 9.53. The summed E-state index contributed by atoms with van der Waals surface area (Å²) < 4.78 is 1.72. The zero-order valence-electron chi connectivity index (χ0n) is 11.7. The molecule has 1 heterocycles. The second-order valence-corrected chi connectivity index (χ2v) is 5.11. The molecule has 0 unspecified atom stereocenters. The molecule has 0 saturated heterocycles. The second-order valence-electron chi connectivity index (χ2n) is 5.11. The average molecular weight is 284 g/mol. The maximum atomic E-state index is 12.2. The molecular formula is C15H16N4O2. The first kappa shape index (κ1) is 13.4. The Morgan fingerprint density at radius 2 is 1.95 bits per heavy atom. The third-order valence-corrected chi connectivity index (χ3v) is 3.66. The Balaban J connectivity index is 1.73. The Labute approximate surface area is 122 Å². The van der Waals surface area contributed by atoms with Gasteiger partial charge in [-0.3, -0.25) is 9.59 Å². The van der Waals surface area contributed by atoms with E-state index in [4.69, 9.17) is 0 Å². The van der Waals surface area contributed by atoms with Gasteiger partial charge in [0.25, 0.3) is 5.91 Å². The second kappa shape index (κ2) is 5.05. The molecule has 0 atom stereocenters. The number of benzene rings is 1. The van der Waals surface area contributed by atoms with E-state index in [-0.39, 0.29) is 11.8 Å². The van der Waals surface area contributed by atoms with Gasteiger partial charge >= 0.3 is 0 Å². The molecule has 1 saturated carbocycles. The number of nitrogens with zero attached hydrogens (tertiary/aromatic N) is 2. The molecule has 2 N–H and O–H groups in total. The van der Waals surface area contributed by atoms with Crippen molar-refractivity contribution in [1.29, 1.82) is 0 Å². The van der Waals surface area contributed by atoms with Gasteiger partial charge in [-0.2, -0.15) is 5.10 Å². The van der Waals surface area contributed by atoms with Crippen molar-refractivity contribution >= 4 is 11.8 Å². The lowest BCUT2D eigenvalue weighted by Crippen LogP contribution is -2.47. The largest absolute Gasteiger partial charge is 0.357 e. The number of nitrogens with one attached hydrogen (secondary N) is 2. The average Bonchev–Trinajstić information content (AvgIpc) is 3.09. The highest BCUT2D eigenvalue weighted by Gasteiger charge is 2.50. The first-order valence-electron chi connectivity index (χ1n) is 6.79. The highest BCUT2D eigenvalue weighted by Crippen LogP contribution is 2.35. The van der Waals surface area contributed by atoms with Crippen LogP contribution in [0, 0.1) is 0 Å². The molecular weight excluding hydrogens is 268 g/mol. The predicted octanol–water partition coefficient (Wildman–Crippen LogP) is 0.881. The van der Waals surface area contributed by atoms with Gasteiger partial charge in [-0.15, -0.1) is 0 Å². The van der Waals surface area contributed by atoms with Gasteiger partial charge in [0.1, 0.15) is 5.54 Å². The predicted molar refractivity (Wildman–Crippen MR) is 77.1 cm³/mol. The molecule has 0 aliphatic heterocycles. The summed E-state index contributed by atoms with van der Waals surface area (Å²) >= 11 is 0. The van der Waals surface area contributed by atoms with Crippen LogP contribution in [0.1, 0.15) is 23.2 Å². The minimum Gasteiger partial charge on any atom is -0.357 e. The number of hydrogen-bond donors (Lipinski definition) is 2. The lowest BCUT2D eigenvalue weighted by atomic mass is 10.1. The maximum absolute atomic E-state index is 12.2. The van der Waals surface area contributed by atoms with Gasteiger partial charge in [0.15, 0.2) is 0 Å². The molecule has 21 heavy (non-hydrogen) atoms. The molecule has 1 aromatic heterocycles. The van der Waals surface area contributed by atoms with Gasteiger partial charge in [0.2, 0.25) is 5.91 Å². The van der Waals surface area contributed by atoms with E-state index >= 15 is 0 Å². The van der Waals surface area contributed by atoms with Crippen molar-refractivity contribution in [2.24, 2.45) is 0 Å². The molecule has 1 fully saturated rings. The van der Waals surface area contributed by atoms with E-state index < -0.39 is 5.54 Å². The Kier molecular flexibility index (Phi) is 3.21. The van der Waals surface area contributed by atoms with E-state index in [1.165, 1.54) is 0 Å². The summed E-state index contributed by atoms with van der Waals surface area (Å²) in [6.45, 7) is 0. The zero-order valence-corrected chi connectivity index (χ0v) is 11.7. The van der Waals surface area contributed by atoms with Crippen LogP contribution in [-0.4, -0.2) is 34.2 Å². The Hall–Kier alpha value is -2.63. The van der Waals surface area contributed by atoms with Gasteiger partial charge in [-0.05, 0) is 43.2 Å². The number of hydrogen-bond acceptors (Lipinski definition) is 3. The number of rotatable bonds is 4. The Bertz CT molecular complexity index is 657. The summed E-state index contributed by atoms with van der Waals surface area (Å²) in [6, 6.07) is 8.93. The molecule has 0 bridgehead atoms. The van der Waals surface area contributed by atoms with Crippen molar-refractivity contribution < 1.29 is 9.59 Å². The van der Waals surface area contributed by atoms with Gasteiger partial charge in [-0.1, -0.05) is 0 Å². The van der Waals surface area contributed by atoms with Crippen LogP contribution < -0.4 is 10.6 Å². The van der Waals surface area contributed by atoms with Crippen molar-refractivity contribution in [1.82, 2.24) is 20.4 Å².